The van der Waals surface area contributed by atoms with Crippen LogP contribution in [-0.2, 0) is 6.42 Å². The molecule has 0 atom stereocenters. The number of aryl methyl sites for hydroxylation is 1. The number of nitrogens with zero attached hydrogens (tertiary/aromatic N) is 4. The van der Waals surface area contributed by atoms with E-state index in [0.717, 1.165) is 17.7 Å². The molecule has 2 aromatic rings. The molecule has 0 saturated carbocycles. The van der Waals surface area contributed by atoms with Crippen LogP contribution in [0.15, 0.2) is 18.3 Å². The molecule has 0 aliphatic heterocycles. The molecule has 5 heteroatoms. The third kappa shape index (κ3) is 1.72. The molecule has 0 fully saturated rings. The number of aromatic nitrogens is 4. The smallest absolute Gasteiger partial charge is 0.177 e. The molecule has 0 radical (unpaired) electrons. The van der Waals surface area contributed by atoms with Gasteiger partial charge in [0.15, 0.2) is 5.82 Å². The summed E-state index contributed by atoms with van der Waals surface area (Å²) in [6.07, 6.45) is 2.49. The van der Waals surface area contributed by atoms with Crippen molar-refractivity contribution in [2.75, 3.05) is 0 Å². The fourth-order valence-corrected chi connectivity index (χ4v) is 1.89. The first kappa shape index (κ1) is 10.1. The zero-order chi connectivity index (χ0) is 10.8. The second-order valence-corrected chi connectivity index (χ2v) is 3.56. The van der Waals surface area contributed by atoms with E-state index >= 15 is 0 Å². The SMILES string of the molecule is CCc1c(C)nn(-c2cccnn2)c1Cl. The van der Waals surface area contributed by atoms with Gasteiger partial charge in [0.2, 0.25) is 0 Å². The predicted molar refractivity (Wildman–Crippen MR) is 58.3 cm³/mol. The van der Waals surface area contributed by atoms with Crippen molar-refractivity contribution in [2.24, 2.45) is 0 Å². The summed E-state index contributed by atoms with van der Waals surface area (Å²) in [7, 11) is 0. The van der Waals surface area contributed by atoms with Crippen molar-refractivity contribution >= 4 is 11.6 Å². The van der Waals surface area contributed by atoms with Crippen LogP contribution in [0.3, 0.4) is 0 Å². The molecule has 0 aromatic carbocycles. The third-order valence-corrected chi connectivity index (χ3v) is 2.64. The summed E-state index contributed by atoms with van der Waals surface area (Å²) in [5.74, 6) is 0.644. The van der Waals surface area contributed by atoms with E-state index < -0.39 is 0 Å². The maximum absolute atomic E-state index is 6.20. The molecule has 15 heavy (non-hydrogen) atoms. The molecule has 0 bridgehead atoms. The summed E-state index contributed by atoms with van der Waals surface area (Å²) in [5, 5.41) is 12.7. The van der Waals surface area contributed by atoms with E-state index in [1.807, 2.05) is 13.0 Å². The summed E-state index contributed by atoms with van der Waals surface area (Å²) in [4.78, 5) is 0. The maximum atomic E-state index is 6.20. The zero-order valence-corrected chi connectivity index (χ0v) is 9.36. The fourth-order valence-electron chi connectivity index (χ4n) is 1.49. The molecular formula is C10H11ClN4. The van der Waals surface area contributed by atoms with Crippen molar-refractivity contribution < 1.29 is 0 Å². The Balaban J connectivity index is 2.55. The van der Waals surface area contributed by atoms with E-state index in [2.05, 4.69) is 22.2 Å². The highest BCUT2D eigenvalue weighted by molar-refractivity contribution is 6.30. The van der Waals surface area contributed by atoms with Crippen LogP contribution in [-0.4, -0.2) is 20.0 Å². The number of halogens is 1. The largest absolute Gasteiger partial charge is 0.201 e. The van der Waals surface area contributed by atoms with Crippen LogP contribution in [0, 0.1) is 6.92 Å². The topological polar surface area (TPSA) is 43.6 Å². The van der Waals surface area contributed by atoms with Gasteiger partial charge in [-0.1, -0.05) is 18.5 Å². The molecule has 0 saturated heterocycles. The molecule has 2 rings (SSSR count). The van der Waals surface area contributed by atoms with Crippen LogP contribution in [0.25, 0.3) is 5.82 Å². The maximum Gasteiger partial charge on any atom is 0.177 e. The number of rotatable bonds is 2. The minimum absolute atomic E-state index is 0.621. The highest BCUT2D eigenvalue weighted by Crippen LogP contribution is 2.22. The molecule has 78 valence electrons. The summed E-state index contributed by atoms with van der Waals surface area (Å²) in [6, 6.07) is 3.63. The predicted octanol–water partition coefficient (Wildman–Crippen LogP) is 2.19. The Morgan fingerprint density at radius 1 is 1.47 bits per heavy atom. The fraction of sp³-hybridized carbons (Fsp3) is 0.300. The standard InChI is InChI=1S/C10H11ClN4/c1-3-8-7(2)14-15(10(8)11)9-5-4-6-12-13-9/h4-6H,3H2,1-2H3. The van der Waals surface area contributed by atoms with Gasteiger partial charge < -0.3 is 0 Å². The zero-order valence-electron chi connectivity index (χ0n) is 8.61. The normalized spacial score (nSPS) is 10.6. The Hall–Kier alpha value is -1.42. The molecule has 4 nitrogen and oxygen atoms in total. The lowest BCUT2D eigenvalue weighted by atomic mass is 10.2. The van der Waals surface area contributed by atoms with Gasteiger partial charge in [0.1, 0.15) is 5.15 Å². The lowest BCUT2D eigenvalue weighted by Gasteiger charge is -1.99. The van der Waals surface area contributed by atoms with Crippen molar-refractivity contribution in [1.82, 2.24) is 20.0 Å². The highest BCUT2D eigenvalue weighted by atomic mass is 35.5. The molecule has 0 N–H and O–H groups in total. The van der Waals surface area contributed by atoms with Crippen LogP contribution in [0.5, 0.6) is 0 Å². The second kappa shape index (κ2) is 3.98. The van der Waals surface area contributed by atoms with Crippen molar-refractivity contribution in [3.63, 3.8) is 0 Å². The number of hydrogen-bond donors (Lipinski definition) is 0. The van der Waals surface area contributed by atoms with Crippen molar-refractivity contribution in [1.29, 1.82) is 0 Å². The lowest BCUT2D eigenvalue weighted by Crippen LogP contribution is -2.00. The van der Waals surface area contributed by atoms with Crippen molar-refractivity contribution in [3.05, 3.63) is 34.7 Å². The summed E-state index contributed by atoms with van der Waals surface area (Å²) in [5.41, 5.74) is 2.00. The van der Waals surface area contributed by atoms with Gasteiger partial charge in [-0.15, -0.1) is 5.10 Å². The first-order valence-electron chi connectivity index (χ1n) is 4.76. The van der Waals surface area contributed by atoms with Crippen molar-refractivity contribution in [2.45, 2.75) is 20.3 Å². The second-order valence-electron chi connectivity index (χ2n) is 3.20. The lowest BCUT2D eigenvalue weighted by molar-refractivity contribution is 0.804. The molecule has 0 spiro atoms. The average Bonchev–Trinajstić information content (AvgIpc) is 2.55. The van der Waals surface area contributed by atoms with Gasteiger partial charge in [0.25, 0.3) is 0 Å². The van der Waals surface area contributed by atoms with Gasteiger partial charge >= 0.3 is 0 Å². The van der Waals surface area contributed by atoms with Gasteiger partial charge in [-0.2, -0.15) is 10.2 Å². The Morgan fingerprint density at radius 3 is 2.80 bits per heavy atom. The summed E-state index contributed by atoms with van der Waals surface area (Å²) in [6.45, 7) is 3.99. The van der Waals surface area contributed by atoms with Crippen LogP contribution in [0.4, 0.5) is 0 Å². The first-order chi connectivity index (χ1) is 7.24. The van der Waals surface area contributed by atoms with E-state index in [-0.39, 0.29) is 0 Å². The number of hydrogen-bond acceptors (Lipinski definition) is 3. The van der Waals surface area contributed by atoms with Gasteiger partial charge in [0.05, 0.1) is 5.69 Å². The van der Waals surface area contributed by atoms with Gasteiger partial charge in [-0.25, -0.2) is 4.68 Å². The average molecular weight is 223 g/mol. The van der Waals surface area contributed by atoms with Crippen LogP contribution in [0.2, 0.25) is 5.15 Å². The van der Waals surface area contributed by atoms with Crippen molar-refractivity contribution in [3.8, 4) is 5.82 Å². The Kier molecular flexibility index (Phi) is 2.68. The molecule has 0 aliphatic rings. The Labute approximate surface area is 92.9 Å². The van der Waals surface area contributed by atoms with E-state index in [1.165, 1.54) is 0 Å². The molecule has 0 amide bonds. The van der Waals surface area contributed by atoms with E-state index in [1.54, 1.807) is 16.9 Å². The Bertz CT molecular complexity index is 464. The molecule has 2 aromatic heterocycles. The third-order valence-electron chi connectivity index (χ3n) is 2.25. The summed E-state index contributed by atoms with van der Waals surface area (Å²) < 4.78 is 1.61. The van der Waals surface area contributed by atoms with E-state index in [9.17, 15) is 0 Å². The molecule has 0 unspecified atom stereocenters. The van der Waals surface area contributed by atoms with Crippen LogP contribution < -0.4 is 0 Å². The van der Waals surface area contributed by atoms with E-state index in [0.29, 0.717) is 11.0 Å². The van der Waals surface area contributed by atoms with E-state index in [4.69, 9.17) is 11.6 Å². The van der Waals surface area contributed by atoms with Gasteiger partial charge in [-0.3, -0.25) is 0 Å². The molecule has 0 aliphatic carbocycles. The highest BCUT2D eigenvalue weighted by Gasteiger charge is 2.13. The Morgan fingerprint density at radius 2 is 2.27 bits per heavy atom. The summed E-state index contributed by atoms with van der Waals surface area (Å²) >= 11 is 6.20. The first-order valence-corrected chi connectivity index (χ1v) is 5.14. The molecular weight excluding hydrogens is 212 g/mol. The van der Waals surface area contributed by atoms with Crippen LogP contribution in [0.1, 0.15) is 18.2 Å². The van der Waals surface area contributed by atoms with Gasteiger partial charge in [-0.05, 0) is 25.5 Å². The quantitative estimate of drug-likeness (QED) is 0.783. The van der Waals surface area contributed by atoms with Crippen LogP contribution >= 0.6 is 11.6 Å². The minimum atomic E-state index is 0.621. The monoisotopic (exact) mass is 222 g/mol. The minimum Gasteiger partial charge on any atom is -0.201 e. The van der Waals surface area contributed by atoms with Gasteiger partial charge in [0, 0.05) is 11.8 Å². The molecule has 2 heterocycles.